The summed E-state index contributed by atoms with van der Waals surface area (Å²) in [6.45, 7) is 21.8. The van der Waals surface area contributed by atoms with Gasteiger partial charge >= 0.3 is 22.8 Å². The van der Waals surface area contributed by atoms with Gasteiger partial charge < -0.3 is 71.8 Å². The fourth-order valence-electron chi connectivity index (χ4n) is 14.9. The van der Waals surface area contributed by atoms with Crippen LogP contribution in [-0.2, 0) is 101 Å². The van der Waals surface area contributed by atoms with E-state index in [1.165, 1.54) is 6.33 Å². The molecule has 0 spiro atoms. The average molecular weight is 1820 g/mol. The largest absolute Gasteiger partial charge is 0.497 e. The van der Waals surface area contributed by atoms with Gasteiger partial charge in [-0.15, -0.1) is 0 Å². The molecule has 0 amide bonds. The van der Waals surface area contributed by atoms with Gasteiger partial charge in [-0.3, -0.25) is 23.4 Å². The van der Waals surface area contributed by atoms with E-state index in [2.05, 4.69) is 136 Å². The Bertz CT molecular complexity index is 6250. The summed E-state index contributed by atoms with van der Waals surface area (Å²) in [5.74, 6) is 3.34. The van der Waals surface area contributed by atoms with Gasteiger partial charge in [-0.05, 0) is 96.2 Å². The fraction of sp³-hybridized carbons (Fsp3) is 0.315. The lowest BCUT2D eigenvalue weighted by Gasteiger charge is -2.37. The third-order valence-electron chi connectivity index (χ3n) is 20.8. The Morgan fingerprint density at radius 2 is 0.819 bits per heavy atom. The van der Waals surface area contributed by atoms with Crippen molar-refractivity contribution in [3.63, 3.8) is 0 Å². The molecular weight excluding hydrogens is 1720 g/mol. The maximum atomic E-state index is 13.6. The molecule has 0 bridgehead atoms. The summed E-state index contributed by atoms with van der Waals surface area (Å²) in [6, 6.07) is 68.0. The number of fused-ring (bicyclic) bond motifs is 5. The Hall–Kier alpha value is -11.2. The molecule has 2 aliphatic heterocycles. The molecule has 5 N–H and O–H groups in total. The molecule has 664 valence electrons. The number of aromatic amines is 1. The number of anilines is 3. The Morgan fingerprint density at radius 3 is 1.17 bits per heavy atom. The van der Waals surface area contributed by atoms with Gasteiger partial charge in [0.2, 0.25) is 17.8 Å². The van der Waals surface area contributed by atoms with Crippen LogP contribution >= 0.6 is 46.0 Å². The first-order chi connectivity index (χ1) is 60.9. The number of nitrogens with one attached hydrogen (secondary N) is 3. The van der Waals surface area contributed by atoms with Crippen molar-refractivity contribution in [3.8, 4) is 23.0 Å². The minimum Gasteiger partial charge on any atom is -0.497 e. The number of nitrogens with zero attached hydrogens (tertiary/aromatic N) is 11. The molecule has 14 aromatic rings. The van der Waals surface area contributed by atoms with Crippen molar-refractivity contribution in [1.82, 2.24) is 58.6 Å². The van der Waals surface area contributed by atoms with Gasteiger partial charge in [0.05, 0.1) is 78.4 Å². The number of benzene rings is 8. The standard InChI is InChI=1S/C39H39ClN5O5P.C34H39ClN5O5P.C19H24N5O5P/c1-38(2,3)32-17-11-12-27-24-49-51(46,50-34(27)32)26-48-23-22-45-25-41-33-35(40)42-37(43-36(33)45)44-39(28-13-7-5-8-14-28,29-15-9-6-10-16-29)30-18-20-31(47-4)21-19-30;1-24(2)44-46(41,45-25(3)4)23-43-21-20-40-22-36-30-31(35)37-33(38-32(30)40)39-34(26-12-8-6-9-13-26,27-14-10-7-11-15-27)28-16-18-29(42-5)19-17-28;1-19(2,3)13-6-4-5-12-9-28-30(26,29-15(12)13)11-27-8-7-24-10-21-14-16(24)22-18(20)23-17(14)25/h5-21,25H,22-24,26H2,1-4H3,(H,42,43,44);6-19,22,24-25H,20-21,23H2,1-5H3,(H,37,38,39);4-6,10H,7-9,11H2,1-3H3,(H3,20,22,23,25). The number of rotatable bonds is 31. The number of methoxy groups -OCH3 is 2. The van der Waals surface area contributed by atoms with Crippen molar-refractivity contribution < 1.29 is 64.5 Å². The fourth-order valence-corrected chi connectivity index (χ4v) is 19.9. The Kier molecular flexibility index (Phi) is 28.7. The topological polar surface area (TPSA) is 354 Å². The number of hydrogen-bond acceptors (Lipinski definition) is 26. The highest BCUT2D eigenvalue weighted by atomic mass is 35.5. The first-order valence-corrected chi connectivity index (χ1v) is 47.2. The summed E-state index contributed by atoms with van der Waals surface area (Å²) in [6.07, 6.45) is 3.67. The second-order valence-corrected chi connectivity index (χ2v) is 39.2. The van der Waals surface area contributed by atoms with E-state index in [-0.39, 0.29) is 96.9 Å². The molecule has 2 atom stereocenters. The van der Waals surface area contributed by atoms with Crippen molar-refractivity contribution in [2.45, 2.75) is 136 Å². The Morgan fingerprint density at radius 1 is 0.472 bits per heavy atom. The zero-order valence-electron chi connectivity index (χ0n) is 72.5. The number of hydrogen-bond donors (Lipinski definition) is 4. The van der Waals surface area contributed by atoms with E-state index in [0.717, 1.165) is 67.1 Å². The summed E-state index contributed by atoms with van der Waals surface area (Å²) >= 11 is 13.5. The van der Waals surface area contributed by atoms with E-state index >= 15 is 0 Å². The van der Waals surface area contributed by atoms with E-state index in [1.54, 1.807) is 31.4 Å². The smallest absolute Gasteiger partial charge is 0.405 e. The second-order valence-electron chi connectivity index (χ2n) is 32.7. The molecule has 16 rings (SSSR count). The molecule has 2 aliphatic rings. The molecular formula is C92H102Cl2N15O15P3. The van der Waals surface area contributed by atoms with E-state index in [4.69, 9.17) is 89.7 Å². The number of para-hydroxylation sites is 2. The van der Waals surface area contributed by atoms with Gasteiger partial charge in [0.15, 0.2) is 45.5 Å². The van der Waals surface area contributed by atoms with Crippen LogP contribution in [0.3, 0.4) is 0 Å². The number of halogens is 2. The number of nitrogens with two attached hydrogens (primary N) is 1. The maximum Gasteiger partial charge on any atom is 0.405 e. The Labute approximate surface area is 746 Å². The van der Waals surface area contributed by atoms with Crippen molar-refractivity contribution >= 4 is 97.3 Å². The number of imidazole rings is 3. The van der Waals surface area contributed by atoms with Gasteiger partial charge in [-0.1, -0.05) is 247 Å². The maximum absolute atomic E-state index is 13.6. The first kappa shape index (κ1) is 92.0. The lowest BCUT2D eigenvalue weighted by Crippen LogP contribution is -2.38. The summed E-state index contributed by atoms with van der Waals surface area (Å²) in [5.41, 5.74) is 15.0. The molecule has 8 aromatic carbocycles. The molecule has 0 fully saturated rings. The summed E-state index contributed by atoms with van der Waals surface area (Å²) in [5, 5.41) is 7.75. The van der Waals surface area contributed by atoms with Crippen LogP contribution in [0.5, 0.6) is 23.0 Å². The van der Waals surface area contributed by atoms with E-state index in [1.807, 2.05) is 195 Å². The molecule has 2 unspecified atom stereocenters. The van der Waals surface area contributed by atoms with E-state index < -0.39 is 39.4 Å². The molecule has 6 aromatic heterocycles. The van der Waals surface area contributed by atoms with Crippen LogP contribution in [0.25, 0.3) is 33.5 Å². The van der Waals surface area contributed by atoms with Crippen LogP contribution in [0, 0.1) is 0 Å². The molecule has 8 heterocycles. The highest BCUT2D eigenvalue weighted by Gasteiger charge is 2.42. The number of H-pyrrole nitrogens is 1. The van der Waals surface area contributed by atoms with Crippen molar-refractivity contribution in [3.05, 3.63) is 302 Å². The summed E-state index contributed by atoms with van der Waals surface area (Å²) in [7, 11) is -7.13. The quantitative estimate of drug-likeness (QED) is 0.0136. The number of nitrogen functional groups attached to an aromatic ring is 1. The van der Waals surface area contributed by atoms with Gasteiger partial charge in [0, 0.05) is 41.9 Å². The molecule has 127 heavy (non-hydrogen) atoms. The summed E-state index contributed by atoms with van der Waals surface area (Å²) < 4.78 is 108. The first-order valence-electron chi connectivity index (χ1n) is 41.2. The third-order valence-corrected chi connectivity index (χ3v) is 26.3. The van der Waals surface area contributed by atoms with Crippen LogP contribution in [-0.4, -0.2) is 124 Å². The van der Waals surface area contributed by atoms with Gasteiger partial charge in [0.1, 0.15) is 51.5 Å². The summed E-state index contributed by atoms with van der Waals surface area (Å²) in [4.78, 5) is 50.5. The van der Waals surface area contributed by atoms with Gasteiger partial charge in [-0.25, -0.2) is 24.1 Å². The molecule has 35 heteroatoms. The van der Waals surface area contributed by atoms with Gasteiger partial charge in [-0.2, -0.15) is 24.9 Å². The lowest BCUT2D eigenvalue weighted by molar-refractivity contribution is 0.0961. The monoisotopic (exact) mass is 1820 g/mol. The van der Waals surface area contributed by atoms with Crippen molar-refractivity contribution in [1.29, 1.82) is 0 Å². The molecule has 0 saturated heterocycles. The molecule has 30 nitrogen and oxygen atoms in total. The van der Waals surface area contributed by atoms with Gasteiger partial charge in [0.25, 0.3) is 5.56 Å². The minimum atomic E-state index is -3.54. The van der Waals surface area contributed by atoms with E-state index in [9.17, 15) is 18.5 Å². The van der Waals surface area contributed by atoms with Crippen LogP contribution in [0.2, 0.25) is 10.3 Å². The lowest BCUT2D eigenvalue weighted by atomic mass is 9.77. The second kappa shape index (κ2) is 39.6. The highest BCUT2D eigenvalue weighted by molar-refractivity contribution is 7.54. The zero-order chi connectivity index (χ0) is 89.9. The predicted octanol–water partition coefficient (Wildman–Crippen LogP) is 19.7. The minimum absolute atomic E-state index is 0.0110. The molecule has 0 saturated carbocycles. The van der Waals surface area contributed by atoms with Crippen LogP contribution in [0.15, 0.2) is 230 Å². The van der Waals surface area contributed by atoms with Crippen LogP contribution in [0.4, 0.5) is 17.8 Å². The highest BCUT2D eigenvalue weighted by Crippen LogP contribution is 2.58. The number of ether oxygens (including phenoxy) is 5. The number of aromatic nitrogens is 12. The Balaban J connectivity index is 0.000000159. The van der Waals surface area contributed by atoms with Crippen molar-refractivity contribution in [2.24, 2.45) is 0 Å². The average Bonchev–Trinajstić information content (AvgIpc) is 1.35. The predicted molar refractivity (Wildman–Crippen MR) is 491 cm³/mol. The molecule has 0 aliphatic carbocycles. The third kappa shape index (κ3) is 21.3. The van der Waals surface area contributed by atoms with Crippen LogP contribution in [0.1, 0.15) is 125 Å². The SMILES string of the molecule is CC(C)(C)c1cccc2c1OP(=O)(COCCn1cnc3c(=O)[nH]c(N)nc31)OC2.COc1ccc(C(Nc2nc(Cl)c3ncn(CCOCP(=O)(OC(C)C)OC(C)C)c3n2)(c2ccccc2)c2ccccc2)cc1.COc1ccc(C(Nc2nc(Cl)c3ncn(CCOCP4(=O)OCc5cccc(C(C)(C)C)c5O4)c3n2)(c2ccccc2)c2ccccc2)cc1. The normalized spacial score (nSPS) is 15.3. The zero-order valence-corrected chi connectivity index (χ0v) is 76.7. The molecule has 0 radical (unpaired) electrons. The van der Waals surface area contributed by atoms with Crippen LogP contribution < -0.4 is 40.4 Å². The van der Waals surface area contributed by atoms with Crippen molar-refractivity contribution in [2.75, 3.05) is 69.5 Å². The van der Waals surface area contributed by atoms with E-state index in [0.29, 0.717) is 71.0 Å².